The van der Waals surface area contributed by atoms with Crippen LogP contribution in [0.25, 0.3) is 0 Å². The van der Waals surface area contributed by atoms with Gasteiger partial charge in [-0.3, -0.25) is 0 Å². The van der Waals surface area contributed by atoms with Crippen molar-refractivity contribution in [2.45, 2.75) is 37.1 Å². The number of aryl methyl sites for hydroxylation is 2. The topological polar surface area (TPSA) is 64.6 Å². The first kappa shape index (κ1) is 17.8. The fourth-order valence-electron chi connectivity index (χ4n) is 2.91. The van der Waals surface area contributed by atoms with E-state index in [9.17, 15) is 8.42 Å². The predicted molar refractivity (Wildman–Crippen MR) is 96.7 cm³/mol. The molecule has 6 heteroatoms. The second kappa shape index (κ2) is 6.35. The molecule has 0 unspecified atom stereocenters. The molecule has 0 aliphatic heterocycles. The van der Waals surface area contributed by atoms with E-state index in [4.69, 9.17) is 9.47 Å². The van der Waals surface area contributed by atoms with Crippen LogP contribution < -0.4 is 14.2 Å². The molecule has 2 aromatic rings. The third-order valence-corrected chi connectivity index (χ3v) is 6.34. The molecule has 1 aliphatic rings. The zero-order valence-corrected chi connectivity index (χ0v) is 15.7. The van der Waals surface area contributed by atoms with Gasteiger partial charge in [-0.2, -0.15) is 0 Å². The number of rotatable bonds is 6. The molecule has 1 aliphatic carbocycles. The number of hydrogen-bond donors (Lipinski definition) is 1. The van der Waals surface area contributed by atoms with Crippen molar-refractivity contribution in [1.29, 1.82) is 0 Å². The molecule has 1 N–H and O–H groups in total. The van der Waals surface area contributed by atoms with Crippen LogP contribution in [0.3, 0.4) is 0 Å². The van der Waals surface area contributed by atoms with E-state index >= 15 is 0 Å². The lowest BCUT2D eigenvalue weighted by Gasteiger charge is -2.20. The molecule has 0 radical (unpaired) electrons. The number of ether oxygens (including phenoxy) is 2. The molecule has 5 nitrogen and oxygen atoms in total. The smallest absolute Gasteiger partial charge is 0.241 e. The fourth-order valence-corrected chi connectivity index (χ4v) is 4.44. The van der Waals surface area contributed by atoms with E-state index in [0.717, 1.165) is 29.5 Å². The first-order chi connectivity index (χ1) is 11.8. The third kappa shape index (κ3) is 3.37. The summed E-state index contributed by atoms with van der Waals surface area (Å²) in [6.07, 6.45) is 1.51. The van der Waals surface area contributed by atoms with Crippen molar-refractivity contribution in [2.24, 2.45) is 0 Å². The van der Waals surface area contributed by atoms with Crippen molar-refractivity contribution in [3.63, 3.8) is 0 Å². The molecular weight excluding hydrogens is 338 g/mol. The van der Waals surface area contributed by atoms with Gasteiger partial charge in [-0.25, -0.2) is 13.1 Å². The fraction of sp³-hybridized carbons (Fsp3) is 0.368. The largest absolute Gasteiger partial charge is 0.493 e. The molecule has 1 fully saturated rings. The number of benzene rings is 2. The van der Waals surface area contributed by atoms with Crippen LogP contribution >= 0.6 is 0 Å². The van der Waals surface area contributed by atoms with Crippen molar-refractivity contribution in [2.75, 3.05) is 14.2 Å². The van der Waals surface area contributed by atoms with Gasteiger partial charge in [0.25, 0.3) is 0 Å². The maximum atomic E-state index is 12.8. The zero-order chi connectivity index (χ0) is 18.2. The van der Waals surface area contributed by atoms with E-state index < -0.39 is 15.6 Å². The Balaban J connectivity index is 1.92. The Morgan fingerprint density at radius 1 is 0.920 bits per heavy atom. The van der Waals surface area contributed by atoms with E-state index in [1.807, 2.05) is 32.0 Å². The monoisotopic (exact) mass is 361 g/mol. The van der Waals surface area contributed by atoms with Crippen molar-refractivity contribution in [1.82, 2.24) is 4.72 Å². The second-order valence-electron chi connectivity index (χ2n) is 6.50. The number of sulfonamides is 1. The summed E-state index contributed by atoms with van der Waals surface area (Å²) in [6.45, 7) is 3.88. The first-order valence-electron chi connectivity index (χ1n) is 8.15. The highest BCUT2D eigenvalue weighted by molar-refractivity contribution is 7.89. The van der Waals surface area contributed by atoms with E-state index in [2.05, 4.69) is 4.72 Å². The van der Waals surface area contributed by atoms with Gasteiger partial charge in [-0.1, -0.05) is 12.1 Å². The van der Waals surface area contributed by atoms with E-state index in [1.165, 1.54) is 0 Å². The summed E-state index contributed by atoms with van der Waals surface area (Å²) in [6, 6.07) is 10.7. The number of methoxy groups -OCH3 is 2. The highest BCUT2D eigenvalue weighted by atomic mass is 32.2. The molecule has 134 valence electrons. The molecule has 0 spiro atoms. The van der Waals surface area contributed by atoms with Gasteiger partial charge in [-0.15, -0.1) is 0 Å². The Bertz CT molecular complexity index is 902. The molecule has 0 aromatic heterocycles. The Morgan fingerprint density at radius 2 is 1.60 bits per heavy atom. The van der Waals surface area contributed by atoms with Crippen LogP contribution in [-0.2, 0) is 15.6 Å². The lowest BCUT2D eigenvalue weighted by Crippen LogP contribution is -2.34. The van der Waals surface area contributed by atoms with E-state index in [0.29, 0.717) is 16.4 Å². The van der Waals surface area contributed by atoms with Crippen LogP contribution in [0, 0.1) is 13.8 Å². The lowest BCUT2D eigenvalue weighted by atomic mass is 10.1. The molecule has 0 saturated heterocycles. The summed E-state index contributed by atoms with van der Waals surface area (Å²) >= 11 is 0. The summed E-state index contributed by atoms with van der Waals surface area (Å²) in [5.41, 5.74) is 2.34. The maximum absolute atomic E-state index is 12.8. The number of nitrogens with one attached hydrogen (secondary N) is 1. The summed E-state index contributed by atoms with van der Waals surface area (Å²) in [4.78, 5) is 0.294. The van der Waals surface area contributed by atoms with Crippen LogP contribution in [0.1, 0.15) is 29.5 Å². The van der Waals surface area contributed by atoms with Gasteiger partial charge in [0.05, 0.1) is 24.7 Å². The molecule has 25 heavy (non-hydrogen) atoms. The standard InChI is InChI=1S/C19H23NO4S/c1-13-5-7-16(11-14(13)2)25(21,22)20-19(9-10-19)15-6-8-17(23-3)18(12-15)24-4/h5-8,11-12,20H,9-10H2,1-4H3. The average molecular weight is 361 g/mol. The summed E-state index contributed by atoms with van der Waals surface area (Å²) in [5, 5.41) is 0. The van der Waals surface area contributed by atoms with Gasteiger partial charge in [-0.05, 0) is 67.6 Å². The minimum atomic E-state index is -3.60. The Morgan fingerprint density at radius 3 is 2.16 bits per heavy atom. The van der Waals surface area contributed by atoms with Gasteiger partial charge in [0.1, 0.15) is 0 Å². The molecular formula is C19H23NO4S. The predicted octanol–water partition coefficient (Wildman–Crippen LogP) is 3.29. The van der Waals surface area contributed by atoms with Gasteiger partial charge in [0.2, 0.25) is 10.0 Å². The summed E-state index contributed by atoms with van der Waals surface area (Å²) < 4.78 is 39.2. The van der Waals surface area contributed by atoms with Crippen molar-refractivity contribution >= 4 is 10.0 Å². The summed E-state index contributed by atoms with van der Waals surface area (Å²) in [7, 11) is -0.454. The van der Waals surface area contributed by atoms with Gasteiger partial charge >= 0.3 is 0 Å². The molecule has 0 amide bonds. The Labute approximate surface area is 149 Å². The van der Waals surface area contributed by atoms with Gasteiger partial charge in [0, 0.05) is 0 Å². The van der Waals surface area contributed by atoms with Crippen LogP contribution in [0.4, 0.5) is 0 Å². The van der Waals surface area contributed by atoms with Crippen LogP contribution in [0.2, 0.25) is 0 Å². The van der Waals surface area contributed by atoms with E-state index in [1.54, 1.807) is 32.4 Å². The lowest BCUT2D eigenvalue weighted by molar-refractivity contribution is 0.354. The maximum Gasteiger partial charge on any atom is 0.241 e. The quantitative estimate of drug-likeness (QED) is 0.857. The summed E-state index contributed by atoms with van der Waals surface area (Å²) in [5.74, 6) is 1.22. The normalized spacial score (nSPS) is 15.7. The molecule has 1 saturated carbocycles. The van der Waals surface area contributed by atoms with Crippen LogP contribution in [0.5, 0.6) is 11.5 Å². The highest BCUT2D eigenvalue weighted by Crippen LogP contribution is 2.48. The Kier molecular flexibility index (Phi) is 4.51. The molecule has 0 heterocycles. The SMILES string of the molecule is COc1ccc(C2(NS(=O)(=O)c3ccc(C)c(C)c3)CC2)cc1OC. The van der Waals surface area contributed by atoms with Crippen LogP contribution in [0.15, 0.2) is 41.3 Å². The minimum Gasteiger partial charge on any atom is -0.493 e. The van der Waals surface area contributed by atoms with Crippen molar-refractivity contribution < 1.29 is 17.9 Å². The minimum absolute atomic E-state index is 0.294. The van der Waals surface area contributed by atoms with Crippen molar-refractivity contribution in [3.05, 3.63) is 53.1 Å². The molecule has 3 rings (SSSR count). The Hall–Kier alpha value is -2.05. The molecule has 2 aromatic carbocycles. The van der Waals surface area contributed by atoms with E-state index in [-0.39, 0.29) is 0 Å². The zero-order valence-electron chi connectivity index (χ0n) is 14.9. The number of hydrogen-bond acceptors (Lipinski definition) is 4. The third-order valence-electron chi connectivity index (χ3n) is 4.80. The molecule has 0 atom stereocenters. The van der Waals surface area contributed by atoms with Gasteiger partial charge < -0.3 is 9.47 Å². The van der Waals surface area contributed by atoms with Gasteiger partial charge in [0.15, 0.2) is 11.5 Å². The second-order valence-corrected chi connectivity index (χ2v) is 8.19. The van der Waals surface area contributed by atoms with Crippen molar-refractivity contribution in [3.8, 4) is 11.5 Å². The average Bonchev–Trinajstić information content (AvgIpc) is 3.36. The van der Waals surface area contributed by atoms with Crippen LogP contribution in [-0.4, -0.2) is 22.6 Å². The highest BCUT2D eigenvalue weighted by Gasteiger charge is 2.48. The molecule has 0 bridgehead atoms. The first-order valence-corrected chi connectivity index (χ1v) is 9.63.